The molecule has 0 spiro atoms. The van der Waals surface area contributed by atoms with Gasteiger partial charge in [0.25, 0.3) is 11.6 Å². The number of hydrogen-bond donors (Lipinski definition) is 1. The smallest absolute Gasteiger partial charge is 0.270 e. The van der Waals surface area contributed by atoms with E-state index in [1.54, 1.807) is 0 Å². The van der Waals surface area contributed by atoms with Gasteiger partial charge in [0.1, 0.15) is 5.82 Å². The largest absolute Gasteiger partial charge is 0.341 e. The zero-order chi connectivity index (χ0) is 12.1. The van der Waals surface area contributed by atoms with Crippen LogP contribution in [0, 0.1) is 28.3 Å². The molecule has 0 radical (unpaired) electrons. The number of nitrogens with zero attached hydrogens (tertiary/aromatic N) is 1. The van der Waals surface area contributed by atoms with E-state index >= 15 is 0 Å². The van der Waals surface area contributed by atoms with Gasteiger partial charge >= 0.3 is 0 Å². The lowest BCUT2D eigenvalue weighted by atomic mass is 10.2. The summed E-state index contributed by atoms with van der Waals surface area (Å²) in [5.74, 6) is 0.525. The zero-order valence-corrected chi connectivity index (χ0v) is 8.07. The van der Waals surface area contributed by atoms with E-state index in [2.05, 4.69) is 11.2 Å². The number of carbonyl (C=O) groups excluding carboxylic acids is 1. The van der Waals surface area contributed by atoms with Gasteiger partial charge in [0.15, 0.2) is 0 Å². The minimum absolute atomic E-state index is 0.0685. The third kappa shape index (κ3) is 2.54. The van der Waals surface area contributed by atoms with E-state index in [4.69, 9.17) is 6.42 Å². The van der Waals surface area contributed by atoms with Crippen LogP contribution >= 0.6 is 0 Å². The van der Waals surface area contributed by atoms with Crippen LogP contribution in [0.3, 0.4) is 0 Å². The molecule has 5 nitrogen and oxygen atoms in total. The van der Waals surface area contributed by atoms with E-state index in [9.17, 15) is 19.3 Å². The Morgan fingerprint density at radius 1 is 1.62 bits per heavy atom. The molecule has 6 heteroatoms. The summed E-state index contributed by atoms with van der Waals surface area (Å²) in [4.78, 5) is 21.0. The van der Waals surface area contributed by atoms with E-state index < -0.39 is 22.2 Å². The quantitative estimate of drug-likeness (QED) is 0.472. The van der Waals surface area contributed by atoms with Gasteiger partial charge in [-0.15, -0.1) is 6.42 Å². The molecule has 82 valence electrons. The fourth-order valence-electron chi connectivity index (χ4n) is 1.03. The van der Waals surface area contributed by atoms with Crippen molar-refractivity contribution in [2.45, 2.75) is 0 Å². The van der Waals surface area contributed by atoms with Crippen LogP contribution in [0.15, 0.2) is 18.2 Å². The van der Waals surface area contributed by atoms with Gasteiger partial charge in [-0.3, -0.25) is 14.9 Å². The van der Waals surface area contributed by atoms with Gasteiger partial charge < -0.3 is 5.32 Å². The maximum Gasteiger partial charge on any atom is 0.270 e. The Morgan fingerprint density at radius 2 is 2.31 bits per heavy atom. The number of amides is 1. The lowest BCUT2D eigenvalue weighted by Crippen LogP contribution is -2.24. The lowest BCUT2D eigenvalue weighted by Gasteiger charge is -2.02. The molecular weight excluding hydrogens is 215 g/mol. The Labute approximate surface area is 90.4 Å². The summed E-state index contributed by atoms with van der Waals surface area (Å²) in [5.41, 5.74) is -0.753. The van der Waals surface area contributed by atoms with Crippen molar-refractivity contribution in [2.75, 3.05) is 6.54 Å². The number of carbonyl (C=O) groups is 1. The molecule has 0 saturated heterocycles. The Balaban J connectivity index is 3.03. The summed E-state index contributed by atoms with van der Waals surface area (Å²) in [6.07, 6.45) is 4.90. The van der Waals surface area contributed by atoms with Crippen LogP contribution in [0.25, 0.3) is 0 Å². The third-order valence-electron chi connectivity index (χ3n) is 1.76. The molecule has 1 N–H and O–H groups in total. The molecule has 0 bridgehead atoms. The Morgan fingerprint density at radius 3 is 2.88 bits per heavy atom. The van der Waals surface area contributed by atoms with Crippen LogP contribution in [0.5, 0.6) is 0 Å². The summed E-state index contributed by atoms with van der Waals surface area (Å²) in [5, 5.41) is 12.6. The van der Waals surface area contributed by atoms with Gasteiger partial charge in [-0.25, -0.2) is 4.39 Å². The van der Waals surface area contributed by atoms with Crippen molar-refractivity contribution in [1.82, 2.24) is 5.32 Å². The zero-order valence-electron chi connectivity index (χ0n) is 8.07. The molecule has 1 rings (SSSR count). The first-order valence-corrected chi connectivity index (χ1v) is 4.22. The van der Waals surface area contributed by atoms with Crippen molar-refractivity contribution in [1.29, 1.82) is 0 Å². The SMILES string of the molecule is C#CCNC(=O)c1cc([N+](=O)[O-])ccc1F. The molecule has 16 heavy (non-hydrogen) atoms. The van der Waals surface area contributed by atoms with Crippen LogP contribution in [0.1, 0.15) is 10.4 Å². The first kappa shape index (κ1) is 11.7. The van der Waals surface area contributed by atoms with Crippen LogP contribution in [0.4, 0.5) is 10.1 Å². The van der Waals surface area contributed by atoms with Crippen molar-refractivity contribution in [3.8, 4) is 12.3 Å². The highest BCUT2D eigenvalue weighted by atomic mass is 19.1. The monoisotopic (exact) mass is 222 g/mol. The maximum atomic E-state index is 13.2. The summed E-state index contributed by atoms with van der Waals surface area (Å²) in [6.45, 7) is -0.0685. The summed E-state index contributed by atoms with van der Waals surface area (Å²) in [7, 11) is 0. The first-order valence-electron chi connectivity index (χ1n) is 4.22. The van der Waals surface area contributed by atoms with Crippen LogP contribution in [-0.2, 0) is 0 Å². The topological polar surface area (TPSA) is 72.2 Å². The molecule has 0 aliphatic heterocycles. The highest BCUT2D eigenvalue weighted by Gasteiger charge is 2.16. The number of rotatable bonds is 3. The second-order valence-corrected chi connectivity index (χ2v) is 2.81. The maximum absolute atomic E-state index is 13.2. The molecule has 0 fully saturated rings. The van der Waals surface area contributed by atoms with E-state index in [1.807, 2.05) is 0 Å². The number of nitro groups is 1. The van der Waals surface area contributed by atoms with E-state index in [-0.39, 0.29) is 12.2 Å². The van der Waals surface area contributed by atoms with Crippen molar-refractivity contribution >= 4 is 11.6 Å². The van der Waals surface area contributed by atoms with Gasteiger partial charge in [0, 0.05) is 12.1 Å². The fraction of sp³-hybridized carbons (Fsp3) is 0.100. The molecule has 0 aliphatic carbocycles. The first-order chi connectivity index (χ1) is 7.56. The molecule has 0 saturated carbocycles. The highest BCUT2D eigenvalue weighted by molar-refractivity contribution is 5.95. The molecule has 0 heterocycles. The van der Waals surface area contributed by atoms with Gasteiger partial charge in [0.05, 0.1) is 17.0 Å². The number of nitro benzene ring substituents is 1. The van der Waals surface area contributed by atoms with Gasteiger partial charge in [-0.1, -0.05) is 5.92 Å². The predicted octanol–water partition coefficient (Wildman–Crippen LogP) is 1.10. The minimum atomic E-state index is -0.833. The average Bonchev–Trinajstić information content (AvgIpc) is 2.26. The Kier molecular flexibility index (Phi) is 3.56. The predicted molar refractivity (Wildman–Crippen MR) is 54.2 cm³/mol. The molecule has 0 aliphatic rings. The Bertz CT molecular complexity index is 479. The number of non-ortho nitro benzene ring substituents is 1. The van der Waals surface area contributed by atoms with E-state index in [0.717, 1.165) is 18.2 Å². The summed E-state index contributed by atoms with van der Waals surface area (Å²) < 4.78 is 13.2. The average molecular weight is 222 g/mol. The number of nitrogens with one attached hydrogen (secondary N) is 1. The highest BCUT2D eigenvalue weighted by Crippen LogP contribution is 2.16. The third-order valence-corrected chi connectivity index (χ3v) is 1.76. The molecule has 1 aromatic carbocycles. The lowest BCUT2D eigenvalue weighted by molar-refractivity contribution is -0.384. The van der Waals surface area contributed by atoms with Crippen LogP contribution < -0.4 is 5.32 Å². The van der Waals surface area contributed by atoms with Crippen molar-refractivity contribution in [2.24, 2.45) is 0 Å². The molecule has 1 amide bonds. The van der Waals surface area contributed by atoms with Gasteiger partial charge in [-0.05, 0) is 6.07 Å². The van der Waals surface area contributed by atoms with Gasteiger partial charge in [0.2, 0.25) is 0 Å². The fourth-order valence-corrected chi connectivity index (χ4v) is 1.03. The second kappa shape index (κ2) is 4.89. The molecule has 0 unspecified atom stereocenters. The summed E-state index contributed by atoms with van der Waals surface area (Å²) in [6, 6.07) is 2.71. The Hall–Kier alpha value is -2.42. The van der Waals surface area contributed by atoms with Crippen molar-refractivity contribution in [3.05, 3.63) is 39.7 Å². The number of halogens is 1. The van der Waals surface area contributed by atoms with Crippen molar-refractivity contribution in [3.63, 3.8) is 0 Å². The molecule has 0 atom stereocenters. The molecule has 1 aromatic rings. The molecular formula is C10H7FN2O3. The van der Waals surface area contributed by atoms with Crippen molar-refractivity contribution < 1.29 is 14.1 Å². The minimum Gasteiger partial charge on any atom is -0.341 e. The van der Waals surface area contributed by atoms with E-state index in [1.165, 1.54) is 0 Å². The second-order valence-electron chi connectivity index (χ2n) is 2.81. The van der Waals surface area contributed by atoms with E-state index in [0.29, 0.717) is 0 Å². The number of terminal acetylenes is 1. The summed E-state index contributed by atoms with van der Waals surface area (Å²) >= 11 is 0. The number of benzene rings is 1. The van der Waals surface area contributed by atoms with Crippen LogP contribution in [0.2, 0.25) is 0 Å². The normalized spacial score (nSPS) is 9.25. The van der Waals surface area contributed by atoms with Gasteiger partial charge in [-0.2, -0.15) is 0 Å². The standard InChI is InChI=1S/C10H7FN2O3/c1-2-5-12-10(14)8-6-7(13(15)16)3-4-9(8)11/h1,3-4,6H,5H2,(H,12,14). The molecule has 0 aromatic heterocycles. The number of hydrogen-bond acceptors (Lipinski definition) is 3. The van der Waals surface area contributed by atoms with Crippen LogP contribution in [-0.4, -0.2) is 17.4 Å².